The molecule has 0 N–H and O–H groups in total. The molecule has 4 heteroatoms. The minimum atomic E-state index is -0.00429. The number of thiol groups is 2. The quantitative estimate of drug-likeness (QED) is 0.700. The van der Waals surface area contributed by atoms with E-state index in [0.29, 0.717) is 11.8 Å². The Morgan fingerprint density at radius 1 is 1.23 bits per heavy atom. The number of rotatable bonds is 4. The van der Waals surface area contributed by atoms with E-state index < -0.39 is 0 Å². The Balaban J connectivity index is 4.33. The first kappa shape index (κ1) is 13.2. The molecule has 0 aliphatic rings. The predicted molar refractivity (Wildman–Crippen MR) is 62.6 cm³/mol. The predicted octanol–water partition coefficient (Wildman–Crippen LogP) is 2.82. The molecule has 1 atom stereocenters. The van der Waals surface area contributed by atoms with Gasteiger partial charge in [0.25, 0.3) is 0 Å². The summed E-state index contributed by atoms with van der Waals surface area (Å²) in [7, 11) is 0. The van der Waals surface area contributed by atoms with Crippen LogP contribution in [0.4, 0.5) is 0 Å². The summed E-state index contributed by atoms with van der Waals surface area (Å²) in [5, 5.41) is 0. The van der Waals surface area contributed by atoms with E-state index >= 15 is 0 Å². The fraction of sp³-hybridized carbons (Fsp3) is 0.889. The van der Waals surface area contributed by atoms with Gasteiger partial charge < -0.3 is 0 Å². The van der Waals surface area contributed by atoms with Gasteiger partial charge in [-0.2, -0.15) is 0 Å². The van der Waals surface area contributed by atoms with Crippen molar-refractivity contribution in [3.05, 3.63) is 0 Å². The van der Waals surface area contributed by atoms with Gasteiger partial charge >= 0.3 is 0 Å². The molecule has 0 aromatic heterocycles. The van der Waals surface area contributed by atoms with Gasteiger partial charge in [0.05, 0.1) is 0 Å². The summed E-state index contributed by atoms with van der Waals surface area (Å²) >= 11 is 7.79. The highest BCUT2D eigenvalue weighted by Gasteiger charge is 2.25. The minimum absolute atomic E-state index is 0.00429. The number of amides is 1. The third-order valence-electron chi connectivity index (χ3n) is 2.04. The zero-order chi connectivity index (χ0) is 10.6. The molecule has 0 fully saturated rings. The van der Waals surface area contributed by atoms with Gasteiger partial charge in [-0.3, -0.25) is 4.79 Å². The highest BCUT2D eigenvalue weighted by atomic mass is 32.2. The first-order chi connectivity index (χ1) is 5.86. The first-order valence-electron chi connectivity index (χ1n) is 4.58. The van der Waals surface area contributed by atoms with Gasteiger partial charge in [-0.05, 0) is 18.3 Å². The third kappa shape index (κ3) is 4.81. The van der Waals surface area contributed by atoms with Crippen LogP contribution in [-0.2, 0) is 4.79 Å². The molecule has 0 saturated carbocycles. The van der Waals surface area contributed by atoms with Crippen LogP contribution in [0, 0.1) is 17.8 Å². The molecule has 0 heterocycles. The molecule has 78 valence electrons. The third-order valence-corrected chi connectivity index (χ3v) is 2.44. The van der Waals surface area contributed by atoms with Crippen molar-refractivity contribution in [1.82, 2.24) is 3.71 Å². The number of nitrogens with zero attached hydrogens (tertiary/aromatic N) is 1. The van der Waals surface area contributed by atoms with Crippen molar-refractivity contribution in [2.45, 2.75) is 34.1 Å². The summed E-state index contributed by atoms with van der Waals surface area (Å²) in [5.41, 5.74) is 0. The average molecular weight is 221 g/mol. The average Bonchev–Trinajstić information content (AvgIpc) is 1.97. The number of carbonyl (C=O) groups is 1. The second-order valence-electron chi connectivity index (χ2n) is 4.11. The molecule has 0 aliphatic heterocycles. The van der Waals surface area contributed by atoms with E-state index in [4.69, 9.17) is 0 Å². The van der Waals surface area contributed by atoms with E-state index in [2.05, 4.69) is 53.3 Å². The van der Waals surface area contributed by atoms with Gasteiger partial charge in [0.1, 0.15) is 0 Å². The summed E-state index contributed by atoms with van der Waals surface area (Å²) < 4.78 is 1.09. The van der Waals surface area contributed by atoms with Crippen LogP contribution in [0.2, 0.25) is 0 Å². The molecule has 13 heavy (non-hydrogen) atoms. The first-order valence-corrected chi connectivity index (χ1v) is 5.38. The molecule has 0 aliphatic carbocycles. The number of hydrogen-bond acceptors (Lipinski definition) is 3. The maximum atomic E-state index is 11.6. The molecule has 0 aromatic carbocycles. The highest BCUT2D eigenvalue weighted by Crippen LogP contribution is 2.23. The van der Waals surface area contributed by atoms with Gasteiger partial charge in [-0.25, -0.2) is 3.71 Å². The molecule has 0 aromatic rings. The zero-order valence-corrected chi connectivity index (χ0v) is 10.5. The standard InChI is InChI=1S/C9H19NOS2/c1-6(2)5-8(7(3)4)9(11)10(12)13/h6-8,12-13H,5H2,1-4H3. The lowest BCUT2D eigenvalue weighted by molar-refractivity contribution is -0.128. The molecule has 0 saturated heterocycles. The molecular formula is C9H19NOS2. The Bertz CT molecular complexity index is 169. The number of hydrogen-bond donors (Lipinski definition) is 2. The molecule has 0 bridgehead atoms. The summed E-state index contributed by atoms with van der Waals surface area (Å²) in [6.45, 7) is 8.33. The molecule has 1 unspecified atom stereocenters. The van der Waals surface area contributed by atoms with Crippen LogP contribution in [0.3, 0.4) is 0 Å². The van der Waals surface area contributed by atoms with Gasteiger partial charge in [0.2, 0.25) is 5.91 Å². The van der Waals surface area contributed by atoms with E-state index in [1.807, 2.05) is 0 Å². The van der Waals surface area contributed by atoms with Crippen LogP contribution in [-0.4, -0.2) is 9.62 Å². The summed E-state index contributed by atoms with van der Waals surface area (Å²) in [5.74, 6) is 0.903. The van der Waals surface area contributed by atoms with Crippen LogP contribution in [0.25, 0.3) is 0 Å². The van der Waals surface area contributed by atoms with Crippen molar-refractivity contribution in [1.29, 1.82) is 0 Å². The minimum Gasteiger partial charge on any atom is -0.273 e. The van der Waals surface area contributed by atoms with E-state index in [-0.39, 0.29) is 11.8 Å². The molecule has 2 nitrogen and oxygen atoms in total. The normalized spacial score (nSPS) is 13.5. The molecular weight excluding hydrogens is 202 g/mol. The lowest BCUT2D eigenvalue weighted by atomic mass is 9.87. The Labute approximate surface area is 92.2 Å². The summed E-state index contributed by atoms with van der Waals surface area (Å²) in [6, 6.07) is 0. The summed E-state index contributed by atoms with van der Waals surface area (Å²) in [6.07, 6.45) is 0.897. The Hall–Kier alpha value is 0.170. The van der Waals surface area contributed by atoms with Gasteiger partial charge in [-0.1, -0.05) is 53.3 Å². The highest BCUT2D eigenvalue weighted by molar-refractivity contribution is 7.94. The maximum absolute atomic E-state index is 11.6. The molecule has 1 amide bonds. The zero-order valence-electron chi connectivity index (χ0n) is 8.69. The van der Waals surface area contributed by atoms with Gasteiger partial charge in [0, 0.05) is 5.92 Å². The lowest BCUT2D eigenvalue weighted by Gasteiger charge is -2.23. The van der Waals surface area contributed by atoms with E-state index in [9.17, 15) is 4.79 Å². The van der Waals surface area contributed by atoms with Crippen molar-refractivity contribution in [3.8, 4) is 0 Å². The van der Waals surface area contributed by atoms with Crippen LogP contribution in [0.5, 0.6) is 0 Å². The van der Waals surface area contributed by atoms with Crippen molar-refractivity contribution in [2.75, 3.05) is 0 Å². The SMILES string of the molecule is CC(C)CC(C(=O)N(S)S)C(C)C. The van der Waals surface area contributed by atoms with Crippen molar-refractivity contribution in [2.24, 2.45) is 17.8 Å². The molecule has 0 rings (SSSR count). The number of carbonyl (C=O) groups excluding carboxylic acids is 1. The lowest BCUT2D eigenvalue weighted by Crippen LogP contribution is -2.28. The topological polar surface area (TPSA) is 20.3 Å². The fourth-order valence-electron chi connectivity index (χ4n) is 1.31. The van der Waals surface area contributed by atoms with Crippen LogP contribution >= 0.6 is 25.6 Å². The fourth-order valence-corrected chi connectivity index (χ4v) is 1.61. The maximum Gasteiger partial charge on any atom is 0.245 e. The van der Waals surface area contributed by atoms with Crippen LogP contribution in [0.15, 0.2) is 0 Å². The smallest absolute Gasteiger partial charge is 0.245 e. The second kappa shape index (κ2) is 5.81. The Morgan fingerprint density at radius 2 is 1.69 bits per heavy atom. The molecule has 0 radical (unpaired) electrons. The Kier molecular flexibility index (Phi) is 5.88. The second-order valence-corrected chi connectivity index (χ2v) is 5.22. The largest absolute Gasteiger partial charge is 0.273 e. The van der Waals surface area contributed by atoms with Crippen LogP contribution in [0.1, 0.15) is 34.1 Å². The summed E-state index contributed by atoms with van der Waals surface area (Å²) in [4.78, 5) is 11.6. The monoisotopic (exact) mass is 221 g/mol. The van der Waals surface area contributed by atoms with Gasteiger partial charge in [0.15, 0.2) is 0 Å². The van der Waals surface area contributed by atoms with E-state index in [1.165, 1.54) is 0 Å². The van der Waals surface area contributed by atoms with Crippen LogP contribution < -0.4 is 0 Å². The van der Waals surface area contributed by atoms with E-state index in [1.54, 1.807) is 0 Å². The van der Waals surface area contributed by atoms with Gasteiger partial charge in [-0.15, -0.1) is 0 Å². The molecule has 0 spiro atoms. The van der Waals surface area contributed by atoms with E-state index in [0.717, 1.165) is 10.1 Å². The Morgan fingerprint density at radius 3 is 1.92 bits per heavy atom. The van der Waals surface area contributed by atoms with Crippen molar-refractivity contribution >= 4 is 31.5 Å². The van der Waals surface area contributed by atoms with Crippen molar-refractivity contribution in [3.63, 3.8) is 0 Å². The van der Waals surface area contributed by atoms with Crippen molar-refractivity contribution < 1.29 is 4.79 Å².